The second kappa shape index (κ2) is 9.87. The zero-order valence-electron chi connectivity index (χ0n) is 15.2. The summed E-state index contributed by atoms with van der Waals surface area (Å²) in [6, 6.07) is 0. The van der Waals surface area contributed by atoms with Crippen molar-refractivity contribution in [2.45, 2.75) is 24.5 Å². The number of anilines is 1. The molecule has 1 aliphatic rings. The third-order valence-electron chi connectivity index (χ3n) is 3.61. The molecule has 0 aromatic carbocycles. The standard InChI is InChI=1S/C10H15N5O10P2.2Li/c11-8-5-9(13-2-12-8)15(3-14-5)10-7(17)6(16)4(24-10)1-23-27(21,22)25-26(18,19)20;;/h2-4,6-7,10,16-17H,1H2,(H,21,22)(H2,11,12,13)(H2,18,19,20);;/t4-,6-,7-,10-;;/m1../s1. The van der Waals surface area contributed by atoms with Gasteiger partial charge in [0.05, 0.1) is 12.9 Å². The number of phosphoric acid groups is 2. The summed E-state index contributed by atoms with van der Waals surface area (Å²) in [6.45, 7) is -0.813. The molecule has 2 aromatic rings. The van der Waals surface area contributed by atoms with Gasteiger partial charge in [0.15, 0.2) is 17.7 Å². The van der Waals surface area contributed by atoms with Gasteiger partial charge in [-0.2, -0.15) is 4.31 Å². The van der Waals surface area contributed by atoms with Crippen molar-refractivity contribution >= 4 is 70.3 Å². The summed E-state index contributed by atoms with van der Waals surface area (Å²) < 4.78 is 36.8. The number of imidazole rings is 1. The Bertz CT molecular complexity index is 943. The van der Waals surface area contributed by atoms with Gasteiger partial charge >= 0.3 is 15.6 Å². The molecule has 15 nitrogen and oxygen atoms in total. The van der Waals surface area contributed by atoms with Crippen LogP contribution in [0.3, 0.4) is 0 Å². The van der Waals surface area contributed by atoms with Gasteiger partial charge in [0.25, 0.3) is 0 Å². The summed E-state index contributed by atoms with van der Waals surface area (Å²) in [5.74, 6) is 0.0856. The number of hydrogen-bond donors (Lipinski definition) is 6. The molecule has 0 spiro atoms. The molecule has 1 fully saturated rings. The molecule has 0 saturated carbocycles. The zero-order chi connectivity index (χ0) is 20.0. The summed E-state index contributed by atoms with van der Waals surface area (Å²) in [4.78, 5) is 38.1. The molecule has 19 heteroatoms. The van der Waals surface area contributed by atoms with Crippen LogP contribution in [0.2, 0.25) is 0 Å². The molecule has 0 amide bonds. The van der Waals surface area contributed by atoms with Crippen molar-refractivity contribution in [1.29, 1.82) is 0 Å². The fourth-order valence-electron chi connectivity index (χ4n) is 2.48. The van der Waals surface area contributed by atoms with Crippen LogP contribution in [0.1, 0.15) is 6.23 Å². The summed E-state index contributed by atoms with van der Waals surface area (Å²) in [5, 5.41) is 20.3. The van der Waals surface area contributed by atoms with Crippen LogP contribution in [0, 0.1) is 0 Å². The van der Waals surface area contributed by atoms with Crippen LogP contribution in [-0.4, -0.2) is 107 Å². The number of nitrogens with two attached hydrogens (primary N) is 1. The van der Waals surface area contributed by atoms with E-state index in [-0.39, 0.29) is 54.7 Å². The van der Waals surface area contributed by atoms with Crippen molar-refractivity contribution in [1.82, 2.24) is 19.5 Å². The Morgan fingerprint density at radius 1 is 1.14 bits per heavy atom. The quantitative estimate of drug-likeness (QED) is 0.201. The zero-order valence-corrected chi connectivity index (χ0v) is 17.0. The van der Waals surface area contributed by atoms with Gasteiger partial charge in [-0.3, -0.25) is 9.09 Å². The van der Waals surface area contributed by atoms with Crippen molar-refractivity contribution in [2.24, 2.45) is 0 Å². The van der Waals surface area contributed by atoms with Crippen LogP contribution in [0.25, 0.3) is 11.2 Å². The molecule has 1 unspecified atom stereocenters. The Labute approximate surface area is 186 Å². The van der Waals surface area contributed by atoms with Crippen molar-refractivity contribution < 1.29 is 47.6 Å². The van der Waals surface area contributed by atoms with Gasteiger partial charge in [-0.15, -0.1) is 0 Å². The fraction of sp³-hybridized carbons (Fsp3) is 0.500. The third-order valence-corrected chi connectivity index (χ3v) is 5.76. The molecule has 1 aliphatic heterocycles. The molecular formula is C10H15Li2N5O10P2. The van der Waals surface area contributed by atoms with E-state index in [0.717, 1.165) is 6.33 Å². The first-order valence-electron chi connectivity index (χ1n) is 7.17. The maximum Gasteiger partial charge on any atom is 0.481 e. The Kier molecular flexibility index (Phi) is 9.10. The van der Waals surface area contributed by atoms with E-state index in [4.69, 9.17) is 20.3 Å². The topological polar surface area (TPSA) is 233 Å². The second-order valence-corrected chi connectivity index (χ2v) is 8.30. The number of hydrogen-bond acceptors (Lipinski definition) is 11. The van der Waals surface area contributed by atoms with Crippen LogP contribution in [-0.2, 0) is 22.7 Å². The van der Waals surface area contributed by atoms with E-state index < -0.39 is 46.8 Å². The van der Waals surface area contributed by atoms with Gasteiger partial charge in [-0.1, -0.05) is 0 Å². The van der Waals surface area contributed by atoms with Gasteiger partial charge < -0.3 is 35.4 Å². The largest absolute Gasteiger partial charge is 0.481 e. The van der Waals surface area contributed by atoms with Gasteiger partial charge in [-0.25, -0.2) is 24.1 Å². The first-order chi connectivity index (χ1) is 12.5. The van der Waals surface area contributed by atoms with Gasteiger partial charge in [0, 0.05) is 37.7 Å². The summed E-state index contributed by atoms with van der Waals surface area (Å²) in [6.07, 6.45) is -3.20. The number of rotatable bonds is 6. The van der Waals surface area contributed by atoms with Crippen LogP contribution in [0.15, 0.2) is 12.7 Å². The molecule has 7 N–H and O–H groups in total. The molecule has 29 heavy (non-hydrogen) atoms. The van der Waals surface area contributed by atoms with Crippen molar-refractivity contribution in [2.75, 3.05) is 12.3 Å². The Morgan fingerprint density at radius 3 is 2.41 bits per heavy atom. The molecular weight excluding hydrogens is 426 g/mol. The van der Waals surface area contributed by atoms with E-state index in [1.54, 1.807) is 0 Å². The Hall–Kier alpha value is -0.315. The monoisotopic (exact) mass is 441 g/mol. The van der Waals surface area contributed by atoms with Gasteiger partial charge in [0.2, 0.25) is 0 Å². The average Bonchev–Trinajstić information content (AvgIpc) is 3.07. The molecule has 1 saturated heterocycles. The minimum absolute atomic E-state index is 0. The fourth-order valence-corrected chi connectivity index (χ4v) is 4.08. The third kappa shape index (κ3) is 6.11. The number of phosphoric ester groups is 1. The normalized spacial score (nSPS) is 26.5. The van der Waals surface area contributed by atoms with Crippen LogP contribution >= 0.6 is 15.6 Å². The first-order valence-corrected chi connectivity index (χ1v) is 10.2. The summed E-state index contributed by atoms with van der Waals surface area (Å²) in [7, 11) is -10.4. The number of nitrogens with zero attached hydrogens (tertiary/aromatic N) is 4. The molecule has 2 radical (unpaired) electrons. The molecule has 3 heterocycles. The predicted molar refractivity (Wildman–Crippen MR) is 96.1 cm³/mol. The Balaban J connectivity index is 0.00000210. The number of aromatic nitrogens is 4. The SMILES string of the molecule is Nc1ncnc2c1ncn2[C@@H]1O[C@H](COP(=O)(O)OP(=O)(O)O)[C@@H](O)[C@H]1O.[Li].[Li]. The first kappa shape index (κ1) is 26.7. The molecule has 0 bridgehead atoms. The predicted octanol–water partition coefficient (Wildman–Crippen LogP) is -2.51. The molecule has 0 aliphatic carbocycles. The van der Waals surface area contributed by atoms with E-state index in [2.05, 4.69) is 23.8 Å². The molecule has 3 rings (SSSR count). The maximum atomic E-state index is 11.5. The Morgan fingerprint density at radius 2 is 1.79 bits per heavy atom. The molecule has 5 atom stereocenters. The van der Waals surface area contributed by atoms with Crippen LogP contribution in [0.5, 0.6) is 0 Å². The second-order valence-electron chi connectivity index (χ2n) is 5.47. The van der Waals surface area contributed by atoms with Gasteiger partial charge in [0.1, 0.15) is 30.2 Å². The van der Waals surface area contributed by atoms with E-state index in [0.29, 0.717) is 0 Å². The summed E-state index contributed by atoms with van der Waals surface area (Å²) >= 11 is 0. The van der Waals surface area contributed by atoms with Crippen LogP contribution < -0.4 is 5.73 Å². The summed E-state index contributed by atoms with van der Waals surface area (Å²) in [5.41, 5.74) is 6.11. The van der Waals surface area contributed by atoms with Crippen molar-refractivity contribution in [3.8, 4) is 0 Å². The number of nitrogen functional groups attached to an aromatic ring is 1. The minimum atomic E-state index is -5.29. The van der Waals surface area contributed by atoms with Gasteiger partial charge in [-0.05, 0) is 0 Å². The maximum absolute atomic E-state index is 11.5. The minimum Gasteiger partial charge on any atom is -0.387 e. The molecule has 2 aromatic heterocycles. The number of aliphatic hydroxyl groups excluding tert-OH is 2. The van der Waals surface area contributed by atoms with E-state index in [1.807, 2.05) is 0 Å². The average molecular weight is 441 g/mol. The smallest absolute Gasteiger partial charge is 0.387 e. The van der Waals surface area contributed by atoms with Crippen molar-refractivity contribution in [3.05, 3.63) is 12.7 Å². The van der Waals surface area contributed by atoms with E-state index in [9.17, 15) is 24.2 Å². The van der Waals surface area contributed by atoms with E-state index >= 15 is 0 Å². The van der Waals surface area contributed by atoms with Crippen molar-refractivity contribution in [3.63, 3.8) is 0 Å². The number of ether oxygens (including phenoxy) is 1. The van der Waals surface area contributed by atoms with Crippen LogP contribution in [0.4, 0.5) is 5.82 Å². The van der Waals surface area contributed by atoms with E-state index in [1.165, 1.54) is 10.9 Å². The number of fused-ring (bicyclic) bond motifs is 1. The molecule has 152 valence electrons. The number of aliphatic hydroxyl groups is 2.